The maximum atomic E-state index is 12.4. The molecule has 2 amide bonds. The Morgan fingerprint density at radius 1 is 1.14 bits per heavy atom. The Morgan fingerprint density at radius 3 is 2.77 bits per heavy atom. The van der Waals surface area contributed by atoms with Crippen LogP contribution in [-0.2, 0) is 35.6 Å². The highest BCUT2D eigenvalue weighted by molar-refractivity contribution is 7.89. The van der Waals surface area contributed by atoms with Gasteiger partial charge in [0.1, 0.15) is 11.9 Å². The summed E-state index contributed by atoms with van der Waals surface area (Å²) in [4.78, 5) is 25.0. The average Bonchev–Trinajstić information content (AvgIpc) is 3.34. The van der Waals surface area contributed by atoms with Gasteiger partial charge < -0.3 is 29.6 Å². The van der Waals surface area contributed by atoms with Crippen LogP contribution in [-0.4, -0.2) is 64.0 Å². The van der Waals surface area contributed by atoms with Gasteiger partial charge in [-0.1, -0.05) is 36.8 Å². The normalized spacial score (nSPS) is 17.4. The molecule has 1 saturated heterocycles. The van der Waals surface area contributed by atoms with Crippen LogP contribution in [0.1, 0.15) is 68.7 Å². The standard InChI is InChI=1S/C31H39N3O8S/c1-31(2)40-22-25-19-24(13-14-27(25)42-31)28-21-34(30(36)41-28)15-6-3-4-7-16-39-17-8-5-10-23-11-9-12-26(18-23)43(37,38)33-20-29(32)35/h9,11-14,18-19,28,33H,3-4,6-8,15-17,20-22H2,1-2H3,(H2,32,35)/t28-/m0/s1. The Balaban J connectivity index is 1.07. The molecule has 0 unspecified atom stereocenters. The fraction of sp³-hybridized carbons (Fsp3) is 0.484. The highest BCUT2D eigenvalue weighted by atomic mass is 32.2. The fourth-order valence-corrected chi connectivity index (χ4v) is 5.70. The van der Waals surface area contributed by atoms with Gasteiger partial charge in [-0.15, -0.1) is 0 Å². The maximum absolute atomic E-state index is 12.4. The molecule has 12 heteroatoms. The van der Waals surface area contributed by atoms with Gasteiger partial charge in [-0.2, -0.15) is 0 Å². The van der Waals surface area contributed by atoms with E-state index >= 15 is 0 Å². The predicted octanol–water partition coefficient (Wildman–Crippen LogP) is 3.61. The molecule has 232 valence electrons. The van der Waals surface area contributed by atoms with Crippen LogP contribution in [0.25, 0.3) is 0 Å². The lowest BCUT2D eigenvalue weighted by atomic mass is 10.0. The summed E-state index contributed by atoms with van der Waals surface area (Å²) in [5, 5.41) is 0. The van der Waals surface area contributed by atoms with Gasteiger partial charge in [0.25, 0.3) is 0 Å². The molecule has 43 heavy (non-hydrogen) atoms. The molecule has 0 aliphatic carbocycles. The molecule has 1 fully saturated rings. The Kier molecular flexibility index (Phi) is 11.0. The minimum Gasteiger partial charge on any atom is -0.463 e. The van der Waals surface area contributed by atoms with Crippen LogP contribution in [0.4, 0.5) is 4.79 Å². The molecule has 1 atom stereocenters. The molecule has 0 aromatic heterocycles. The number of fused-ring (bicyclic) bond motifs is 1. The lowest BCUT2D eigenvalue weighted by Crippen LogP contribution is -2.35. The third kappa shape index (κ3) is 9.69. The number of sulfonamides is 1. The predicted molar refractivity (Wildman–Crippen MR) is 158 cm³/mol. The summed E-state index contributed by atoms with van der Waals surface area (Å²) < 4.78 is 49.4. The first-order valence-electron chi connectivity index (χ1n) is 14.4. The monoisotopic (exact) mass is 613 g/mol. The largest absolute Gasteiger partial charge is 0.463 e. The third-order valence-corrected chi connectivity index (χ3v) is 8.33. The number of nitrogens with one attached hydrogen (secondary N) is 1. The van der Waals surface area contributed by atoms with E-state index in [2.05, 4.69) is 16.6 Å². The summed E-state index contributed by atoms with van der Waals surface area (Å²) >= 11 is 0. The van der Waals surface area contributed by atoms with Gasteiger partial charge in [-0.3, -0.25) is 4.79 Å². The van der Waals surface area contributed by atoms with Crippen LogP contribution in [0.2, 0.25) is 0 Å². The molecule has 0 radical (unpaired) electrons. The van der Waals surface area contributed by atoms with Gasteiger partial charge >= 0.3 is 6.09 Å². The van der Waals surface area contributed by atoms with Crippen LogP contribution >= 0.6 is 0 Å². The molecule has 0 spiro atoms. The number of nitrogens with zero attached hydrogens (tertiary/aromatic N) is 1. The summed E-state index contributed by atoms with van der Waals surface area (Å²) in [5.41, 5.74) is 7.45. The number of carbonyl (C=O) groups is 2. The molecular formula is C31H39N3O8S. The first kappa shape index (κ1) is 32.3. The SMILES string of the molecule is CC1(C)OCc2cc([C@@H]3CN(CCCCCCOCCC#Cc4cccc(S(=O)(=O)NCC(N)=O)c4)C(=O)O3)ccc2O1. The van der Waals surface area contributed by atoms with Gasteiger partial charge in [0.15, 0.2) is 0 Å². The maximum Gasteiger partial charge on any atom is 0.410 e. The summed E-state index contributed by atoms with van der Waals surface area (Å²) in [6.07, 6.45) is 3.70. The minimum absolute atomic E-state index is 0.0166. The van der Waals surface area contributed by atoms with Crippen molar-refractivity contribution in [1.82, 2.24) is 9.62 Å². The minimum atomic E-state index is -3.83. The zero-order valence-corrected chi connectivity index (χ0v) is 25.4. The van der Waals surface area contributed by atoms with E-state index in [9.17, 15) is 18.0 Å². The van der Waals surface area contributed by atoms with Crippen molar-refractivity contribution in [3.8, 4) is 17.6 Å². The molecule has 2 aromatic rings. The van der Waals surface area contributed by atoms with Crippen molar-refractivity contribution in [2.45, 2.75) is 69.3 Å². The second-order valence-electron chi connectivity index (χ2n) is 10.9. The number of hydrogen-bond acceptors (Lipinski definition) is 8. The van der Waals surface area contributed by atoms with E-state index in [0.29, 0.717) is 44.9 Å². The number of benzene rings is 2. The van der Waals surface area contributed by atoms with Crippen molar-refractivity contribution in [2.24, 2.45) is 5.73 Å². The first-order valence-corrected chi connectivity index (χ1v) is 15.9. The molecule has 11 nitrogen and oxygen atoms in total. The van der Waals surface area contributed by atoms with Gasteiger partial charge in [-0.05, 0) is 48.7 Å². The number of primary amides is 1. The number of carbonyl (C=O) groups excluding carboxylic acids is 2. The zero-order chi connectivity index (χ0) is 30.9. The van der Waals surface area contributed by atoms with E-state index in [0.717, 1.165) is 42.6 Å². The number of amides is 2. The van der Waals surface area contributed by atoms with E-state index < -0.39 is 28.3 Å². The van der Waals surface area contributed by atoms with Crippen LogP contribution in [0.3, 0.4) is 0 Å². The second-order valence-corrected chi connectivity index (χ2v) is 12.6. The smallest absolute Gasteiger partial charge is 0.410 e. The van der Waals surface area contributed by atoms with E-state index in [1.54, 1.807) is 17.0 Å². The molecular weight excluding hydrogens is 574 g/mol. The molecule has 3 N–H and O–H groups in total. The second kappa shape index (κ2) is 14.7. The van der Waals surface area contributed by atoms with E-state index in [1.165, 1.54) is 12.1 Å². The van der Waals surface area contributed by atoms with Crippen molar-refractivity contribution >= 4 is 22.0 Å². The number of nitrogens with two attached hydrogens (primary N) is 1. The van der Waals surface area contributed by atoms with Crippen LogP contribution in [0, 0.1) is 11.8 Å². The molecule has 2 aromatic carbocycles. The number of hydrogen-bond donors (Lipinski definition) is 2. The van der Waals surface area contributed by atoms with E-state index in [4.69, 9.17) is 24.7 Å². The zero-order valence-electron chi connectivity index (χ0n) is 24.6. The summed E-state index contributed by atoms with van der Waals surface area (Å²) in [5.74, 6) is 5.31. The lowest BCUT2D eigenvalue weighted by Gasteiger charge is -2.32. The van der Waals surface area contributed by atoms with E-state index in [-0.39, 0.29) is 17.1 Å². The van der Waals surface area contributed by atoms with Crippen molar-refractivity contribution in [2.75, 3.05) is 32.8 Å². The highest BCUT2D eigenvalue weighted by Gasteiger charge is 2.33. The molecule has 2 aliphatic rings. The Labute approximate surface area is 253 Å². The van der Waals surface area contributed by atoms with Gasteiger partial charge in [0.05, 0.1) is 31.2 Å². The molecule has 0 bridgehead atoms. The summed E-state index contributed by atoms with van der Waals surface area (Å²) in [7, 11) is -3.83. The molecule has 4 rings (SSSR count). The number of unbranched alkanes of at least 4 members (excludes halogenated alkanes) is 3. The Bertz CT molecular complexity index is 1460. The van der Waals surface area contributed by atoms with Crippen LogP contribution in [0.5, 0.6) is 5.75 Å². The fourth-order valence-electron chi connectivity index (χ4n) is 4.66. The van der Waals surface area contributed by atoms with Crippen LogP contribution < -0.4 is 15.2 Å². The van der Waals surface area contributed by atoms with Crippen LogP contribution in [0.15, 0.2) is 47.4 Å². The van der Waals surface area contributed by atoms with Crippen molar-refractivity contribution < 1.29 is 37.0 Å². The lowest BCUT2D eigenvalue weighted by molar-refractivity contribution is -0.180. The number of ether oxygens (including phenoxy) is 4. The number of rotatable bonds is 14. The molecule has 0 saturated carbocycles. The quantitative estimate of drug-likeness (QED) is 0.243. The average molecular weight is 614 g/mol. The highest BCUT2D eigenvalue weighted by Crippen LogP contribution is 2.35. The third-order valence-electron chi connectivity index (χ3n) is 6.93. The first-order chi connectivity index (χ1) is 20.5. The van der Waals surface area contributed by atoms with Crippen molar-refractivity contribution in [3.05, 3.63) is 59.2 Å². The van der Waals surface area contributed by atoms with Gasteiger partial charge in [0, 0.05) is 44.5 Å². The molecule has 2 heterocycles. The molecule has 2 aliphatic heterocycles. The Hall–Kier alpha value is -3.63. The van der Waals surface area contributed by atoms with Gasteiger partial charge in [-0.25, -0.2) is 17.9 Å². The summed E-state index contributed by atoms with van der Waals surface area (Å²) in [6.45, 7) is 6.03. The Morgan fingerprint density at radius 2 is 1.95 bits per heavy atom. The topological polar surface area (TPSA) is 146 Å². The summed E-state index contributed by atoms with van der Waals surface area (Å²) in [6, 6.07) is 12.0. The number of cyclic esters (lactones) is 1. The van der Waals surface area contributed by atoms with Crippen molar-refractivity contribution in [1.29, 1.82) is 0 Å². The van der Waals surface area contributed by atoms with E-state index in [1.807, 2.05) is 32.0 Å². The van der Waals surface area contributed by atoms with Gasteiger partial charge in [0.2, 0.25) is 21.7 Å². The van der Waals surface area contributed by atoms with Crippen molar-refractivity contribution in [3.63, 3.8) is 0 Å².